The molecule has 3 aromatic rings. The first-order valence-electron chi connectivity index (χ1n) is 10.5. The van der Waals surface area contributed by atoms with Gasteiger partial charge in [0.15, 0.2) is 0 Å². The van der Waals surface area contributed by atoms with Crippen LogP contribution in [0, 0.1) is 5.41 Å². The molecule has 1 aliphatic rings. The number of pyridine rings is 1. The first-order chi connectivity index (χ1) is 15.4. The topological polar surface area (TPSA) is 62.7 Å². The summed E-state index contributed by atoms with van der Waals surface area (Å²) in [6.07, 6.45) is 2.75. The Balaban J connectivity index is 1.54. The van der Waals surface area contributed by atoms with E-state index >= 15 is 0 Å². The van der Waals surface area contributed by atoms with E-state index in [9.17, 15) is 9.59 Å². The molecule has 0 aliphatic carbocycles. The molecule has 166 valence electrons. The molecule has 1 aliphatic heterocycles. The normalized spacial score (nSPS) is 17.9. The van der Waals surface area contributed by atoms with Gasteiger partial charge in [-0.05, 0) is 52.4 Å². The number of hydrogen-bond acceptors (Lipinski definition) is 5. The van der Waals surface area contributed by atoms with Crippen molar-refractivity contribution in [2.45, 2.75) is 12.8 Å². The highest BCUT2D eigenvalue weighted by Crippen LogP contribution is 2.37. The summed E-state index contributed by atoms with van der Waals surface area (Å²) in [5.74, 6) is 0.412. The predicted molar refractivity (Wildman–Crippen MR) is 126 cm³/mol. The number of benzene rings is 1. The highest BCUT2D eigenvalue weighted by molar-refractivity contribution is 7.08. The van der Waals surface area contributed by atoms with Crippen LogP contribution in [0.3, 0.4) is 0 Å². The van der Waals surface area contributed by atoms with Crippen LogP contribution in [0.25, 0.3) is 11.1 Å². The van der Waals surface area contributed by atoms with E-state index in [4.69, 9.17) is 4.74 Å². The lowest BCUT2D eigenvalue weighted by molar-refractivity contribution is -0.138. The van der Waals surface area contributed by atoms with Crippen LogP contribution < -0.4 is 4.74 Å². The Morgan fingerprint density at radius 1 is 1.12 bits per heavy atom. The van der Waals surface area contributed by atoms with Gasteiger partial charge in [0.25, 0.3) is 5.91 Å². The number of thiophene rings is 1. The molecule has 1 aromatic carbocycles. The first kappa shape index (κ1) is 22.0. The Bertz CT molecular complexity index is 1080. The molecule has 1 saturated heterocycles. The third kappa shape index (κ3) is 4.39. The van der Waals surface area contributed by atoms with Crippen molar-refractivity contribution in [1.82, 2.24) is 14.8 Å². The molecule has 2 aromatic heterocycles. The van der Waals surface area contributed by atoms with Gasteiger partial charge < -0.3 is 14.5 Å². The zero-order valence-corrected chi connectivity index (χ0v) is 19.4. The lowest BCUT2D eigenvalue weighted by Gasteiger charge is -2.31. The minimum atomic E-state index is -0.636. The fraction of sp³-hybridized carbons (Fsp3) is 0.320. The maximum Gasteiger partial charge on any atom is 0.255 e. The smallest absolute Gasteiger partial charge is 0.255 e. The Labute approximate surface area is 192 Å². The minimum Gasteiger partial charge on any atom is -0.481 e. The molecule has 4 rings (SSSR count). The van der Waals surface area contributed by atoms with E-state index in [2.05, 4.69) is 46.1 Å². The second kappa shape index (κ2) is 9.12. The second-order valence-electron chi connectivity index (χ2n) is 8.43. The molecule has 0 N–H and O–H groups in total. The van der Waals surface area contributed by atoms with Crippen LogP contribution in [0.1, 0.15) is 22.3 Å². The minimum absolute atomic E-state index is 0.0579. The summed E-state index contributed by atoms with van der Waals surface area (Å²) in [4.78, 5) is 33.9. The van der Waals surface area contributed by atoms with Gasteiger partial charge in [-0.15, -0.1) is 0 Å². The summed E-state index contributed by atoms with van der Waals surface area (Å²) >= 11 is 1.68. The molecule has 0 bridgehead atoms. The third-order valence-electron chi connectivity index (χ3n) is 6.04. The van der Waals surface area contributed by atoms with Gasteiger partial charge in [-0.25, -0.2) is 4.98 Å². The van der Waals surface area contributed by atoms with Crippen LogP contribution in [-0.4, -0.2) is 60.9 Å². The molecule has 0 spiro atoms. The lowest BCUT2D eigenvalue weighted by Crippen LogP contribution is -2.44. The fourth-order valence-corrected chi connectivity index (χ4v) is 5.02. The van der Waals surface area contributed by atoms with Crippen molar-refractivity contribution in [1.29, 1.82) is 0 Å². The van der Waals surface area contributed by atoms with E-state index in [1.54, 1.807) is 54.5 Å². The maximum atomic E-state index is 13.3. The van der Waals surface area contributed by atoms with Crippen molar-refractivity contribution >= 4 is 23.2 Å². The molecule has 6 nitrogen and oxygen atoms in total. The number of rotatable bonds is 6. The molecule has 0 radical (unpaired) electrons. The van der Waals surface area contributed by atoms with Crippen LogP contribution >= 0.6 is 11.3 Å². The summed E-state index contributed by atoms with van der Waals surface area (Å²) in [5, 5.41) is 4.19. The number of carbonyl (C=O) groups excluding carboxylic acids is 2. The van der Waals surface area contributed by atoms with E-state index < -0.39 is 5.41 Å². The number of likely N-dealkylation sites (tertiary alicyclic amines) is 1. The molecule has 2 amide bonds. The van der Waals surface area contributed by atoms with E-state index in [0.29, 0.717) is 37.4 Å². The van der Waals surface area contributed by atoms with Crippen LogP contribution in [0.2, 0.25) is 0 Å². The molecular formula is C25H27N3O3S. The monoisotopic (exact) mass is 449 g/mol. The van der Waals surface area contributed by atoms with Crippen molar-refractivity contribution in [2.75, 3.05) is 34.3 Å². The lowest BCUT2D eigenvalue weighted by atomic mass is 9.79. The van der Waals surface area contributed by atoms with Crippen LogP contribution in [-0.2, 0) is 11.2 Å². The van der Waals surface area contributed by atoms with E-state index in [1.807, 2.05) is 0 Å². The van der Waals surface area contributed by atoms with Crippen LogP contribution in [0.4, 0.5) is 0 Å². The van der Waals surface area contributed by atoms with Crippen molar-refractivity contribution in [3.63, 3.8) is 0 Å². The van der Waals surface area contributed by atoms with E-state index in [-0.39, 0.29) is 11.8 Å². The molecule has 3 heterocycles. The van der Waals surface area contributed by atoms with Crippen molar-refractivity contribution in [2.24, 2.45) is 5.41 Å². The van der Waals surface area contributed by atoms with Gasteiger partial charge in [0.05, 0.1) is 18.1 Å². The molecule has 0 unspecified atom stereocenters. The van der Waals surface area contributed by atoms with Crippen molar-refractivity contribution < 1.29 is 14.3 Å². The Morgan fingerprint density at radius 2 is 1.91 bits per heavy atom. The average molecular weight is 450 g/mol. The Hall–Kier alpha value is -3.19. The zero-order chi connectivity index (χ0) is 22.7. The second-order valence-corrected chi connectivity index (χ2v) is 9.21. The molecule has 7 heteroatoms. The number of ether oxygens (including phenoxy) is 1. The molecule has 0 saturated carbocycles. The van der Waals surface area contributed by atoms with Gasteiger partial charge in [0.1, 0.15) is 0 Å². The fourth-order valence-electron chi connectivity index (χ4n) is 4.36. The number of aromatic nitrogens is 1. The highest BCUT2D eigenvalue weighted by atomic mass is 32.1. The van der Waals surface area contributed by atoms with Crippen molar-refractivity contribution in [3.05, 3.63) is 70.5 Å². The van der Waals surface area contributed by atoms with Gasteiger partial charge in [-0.1, -0.05) is 24.3 Å². The van der Waals surface area contributed by atoms with Gasteiger partial charge in [-0.2, -0.15) is 11.3 Å². The largest absolute Gasteiger partial charge is 0.481 e. The Kier molecular flexibility index (Phi) is 6.28. The molecule has 1 fully saturated rings. The van der Waals surface area contributed by atoms with Crippen LogP contribution in [0.5, 0.6) is 5.88 Å². The van der Waals surface area contributed by atoms with Gasteiger partial charge in [0, 0.05) is 39.4 Å². The molecular weight excluding hydrogens is 422 g/mol. The van der Waals surface area contributed by atoms with E-state index in [0.717, 1.165) is 5.56 Å². The summed E-state index contributed by atoms with van der Waals surface area (Å²) in [5.41, 5.74) is 3.33. The standard InChI is InChI=1S/C25H27N3O3S/c1-27(2)24(30)25(14-18-4-6-19(7-5-18)21-10-13-32-16-21)11-12-28(17-25)23(29)20-8-9-22(31-3)26-15-20/h4-10,13,15-16H,11-12,14,17H2,1-3H3/t25-/m0/s1. The summed E-state index contributed by atoms with van der Waals surface area (Å²) in [6, 6.07) is 13.9. The highest BCUT2D eigenvalue weighted by Gasteiger charge is 2.46. The predicted octanol–water partition coefficient (Wildman–Crippen LogP) is 3.98. The number of amides is 2. The number of methoxy groups -OCH3 is 1. The molecule has 1 atom stereocenters. The quantitative estimate of drug-likeness (QED) is 0.571. The van der Waals surface area contributed by atoms with Crippen molar-refractivity contribution in [3.8, 4) is 17.0 Å². The maximum absolute atomic E-state index is 13.3. The van der Waals surface area contributed by atoms with Gasteiger partial charge in [0.2, 0.25) is 11.8 Å². The number of hydrogen-bond donors (Lipinski definition) is 0. The van der Waals surface area contributed by atoms with Gasteiger partial charge in [-0.3, -0.25) is 9.59 Å². The zero-order valence-electron chi connectivity index (χ0n) is 18.6. The molecule has 32 heavy (non-hydrogen) atoms. The van der Waals surface area contributed by atoms with Gasteiger partial charge >= 0.3 is 0 Å². The average Bonchev–Trinajstić information content (AvgIpc) is 3.50. The van der Waals surface area contributed by atoms with E-state index in [1.165, 1.54) is 17.3 Å². The SMILES string of the molecule is COc1ccc(C(=O)N2CC[C@@](Cc3ccc(-c4ccsc4)cc3)(C(=O)N(C)C)C2)cn1. The summed E-state index contributed by atoms with van der Waals surface area (Å²) < 4.78 is 5.08. The number of carbonyl (C=O) groups is 2. The Morgan fingerprint density at radius 3 is 2.50 bits per heavy atom. The summed E-state index contributed by atoms with van der Waals surface area (Å²) in [7, 11) is 5.10. The van der Waals surface area contributed by atoms with Crippen LogP contribution in [0.15, 0.2) is 59.4 Å². The number of nitrogens with zero attached hydrogens (tertiary/aromatic N) is 3. The summed E-state index contributed by atoms with van der Waals surface area (Å²) in [6.45, 7) is 0.929. The first-order valence-corrected chi connectivity index (χ1v) is 11.5. The third-order valence-corrected chi connectivity index (χ3v) is 6.73.